The van der Waals surface area contributed by atoms with Crippen LogP contribution in [0.4, 0.5) is 0 Å². The van der Waals surface area contributed by atoms with Crippen molar-refractivity contribution in [3.8, 4) is 0 Å². The van der Waals surface area contributed by atoms with Crippen molar-refractivity contribution in [2.45, 2.75) is 63.5 Å². The monoisotopic (exact) mass is 240 g/mol. The van der Waals surface area contributed by atoms with Crippen LogP contribution in [0.15, 0.2) is 0 Å². The van der Waals surface area contributed by atoms with Crippen LogP contribution in [0.1, 0.15) is 51.4 Å². The summed E-state index contributed by atoms with van der Waals surface area (Å²) < 4.78 is 5.78. The van der Waals surface area contributed by atoms with E-state index in [2.05, 4.69) is 4.90 Å². The first-order valence-corrected chi connectivity index (χ1v) is 7.46. The fourth-order valence-electron chi connectivity index (χ4n) is 3.21. The molecule has 3 nitrogen and oxygen atoms in total. The molecule has 17 heavy (non-hydrogen) atoms. The summed E-state index contributed by atoms with van der Waals surface area (Å²) in [5, 5.41) is 0. The summed E-state index contributed by atoms with van der Waals surface area (Å²) in [7, 11) is 0. The molecule has 1 unspecified atom stereocenters. The summed E-state index contributed by atoms with van der Waals surface area (Å²) in [5.74, 6) is 0. The molecular weight excluding hydrogens is 212 g/mol. The van der Waals surface area contributed by atoms with Crippen LogP contribution in [0.25, 0.3) is 0 Å². The smallest absolute Gasteiger partial charge is 0.0702 e. The van der Waals surface area contributed by atoms with Crippen LogP contribution < -0.4 is 5.73 Å². The average molecular weight is 240 g/mol. The molecule has 1 saturated carbocycles. The zero-order valence-electron chi connectivity index (χ0n) is 11.1. The Bertz CT molecular complexity index is 198. The van der Waals surface area contributed by atoms with E-state index in [0.29, 0.717) is 6.10 Å². The van der Waals surface area contributed by atoms with E-state index in [-0.39, 0.29) is 0 Å². The third-order valence-electron chi connectivity index (χ3n) is 4.20. The first kappa shape index (κ1) is 13.3. The Morgan fingerprint density at radius 3 is 2.53 bits per heavy atom. The summed E-state index contributed by atoms with van der Waals surface area (Å²) in [5.41, 5.74) is 5.66. The van der Waals surface area contributed by atoms with Gasteiger partial charge in [0.15, 0.2) is 0 Å². The number of ether oxygens (including phenoxy) is 1. The quantitative estimate of drug-likeness (QED) is 0.773. The molecule has 2 rings (SSSR count). The SMILES string of the molecule is NCCCN(CC1CCCO1)C1CCCCC1. The lowest BCUT2D eigenvalue weighted by atomic mass is 9.93. The normalized spacial score (nSPS) is 26.8. The third kappa shape index (κ3) is 4.23. The molecule has 1 aliphatic carbocycles. The van der Waals surface area contributed by atoms with E-state index in [1.54, 1.807) is 0 Å². The van der Waals surface area contributed by atoms with E-state index in [9.17, 15) is 0 Å². The van der Waals surface area contributed by atoms with Crippen LogP contribution in [0.2, 0.25) is 0 Å². The maximum absolute atomic E-state index is 5.78. The highest BCUT2D eigenvalue weighted by Crippen LogP contribution is 2.24. The molecule has 1 heterocycles. The van der Waals surface area contributed by atoms with E-state index in [0.717, 1.165) is 32.2 Å². The van der Waals surface area contributed by atoms with Crippen LogP contribution in [0.5, 0.6) is 0 Å². The lowest BCUT2D eigenvalue weighted by Crippen LogP contribution is -2.42. The Morgan fingerprint density at radius 2 is 1.88 bits per heavy atom. The van der Waals surface area contributed by atoms with Crippen molar-refractivity contribution in [3.63, 3.8) is 0 Å². The van der Waals surface area contributed by atoms with Gasteiger partial charge in [0.05, 0.1) is 6.10 Å². The highest BCUT2D eigenvalue weighted by atomic mass is 16.5. The summed E-state index contributed by atoms with van der Waals surface area (Å²) in [6, 6.07) is 0.805. The Morgan fingerprint density at radius 1 is 1.06 bits per heavy atom. The van der Waals surface area contributed by atoms with E-state index >= 15 is 0 Å². The molecule has 1 saturated heterocycles. The fraction of sp³-hybridized carbons (Fsp3) is 1.00. The van der Waals surface area contributed by atoms with Gasteiger partial charge in [0.25, 0.3) is 0 Å². The fourth-order valence-corrected chi connectivity index (χ4v) is 3.21. The second kappa shape index (κ2) is 7.34. The van der Waals surface area contributed by atoms with Gasteiger partial charge >= 0.3 is 0 Å². The lowest BCUT2D eigenvalue weighted by Gasteiger charge is -2.35. The molecule has 0 aromatic rings. The molecule has 2 aliphatic rings. The Balaban J connectivity index is 1.81. The molecule has 0 aromatic heterocycles. The first-order chi connectivity index (χ1) is 8.40. The number of nitrogens with zero attached hydrogens (tertiary/aromatic N) is 1. The molecule has 0 radical (unpaired) electrons. The highest BCUT2D eigenvalue weighted by molar-refractivity contribution is 4.79. The molecule has 1 atom stereocenters. The predicted octanol–water partition coefficient (Wildman–Crippen LogP) is 2.15. The lowest BCUT2D eigenvalue weighted by molar-refractivity contribution is 0.0482. The van der Waals surface area contributed by atoms with Crippen molar-refractivity contribution >= 4 is 0 Å². The molecule has 1 aliphatic heterocycles. The van der Waals surface area contributed by atoms with Gasteiger partial charge in [-0.3, -0.25) is 4.90 Å². The van der Waals surface area contributed by atoms with Gasteiger partial charge in [-0.25, -0.2) is 0 Å². The molecule has 2 N–H and O–H groups in total. The van der Waals surface area contributed by atoms with Gasteiger partial charge in [-0.1, -0.05) is 19.3 Å². The van der Waals surface area contributed by atoms with Gasteiger partial charge in [0.1, 0.15) is 0 Å². The molecule has 3 heteroatoms. The molecule has 100 valence electrons. The van der Waals surface area contributed by atoms with Crippen molar-refractivity contribution in [1.29, 1.82) is 0 Å². The largest absolute Gasteiger partial charge is 0.377 e. The van der Waals surface area contributed by atoms with E-state index in [1.807, 2.05) is 0 Å². The standard InChI is InChI=1S/C14H28N2O/c15-9-5-10-16(12-14-8-4-11-17-14)13-6-2-1-3-7-13/h13-14H,1-12,15H2. The van der Waals surface area contributed by atoms with Gasteiger partial charge in [0, 0.05) is 19.2 Å². The summed E-state index contributed by atoms with van der Waals surface area (Å²) >= 11 is 0. The zero-order chi connectivity index (χ0) is 11.9. The molecule has 0 amide bonds. The Hall–Kier alpha value is -0.120. The molecular formula is C14H28N2O. The highest BCUT2D eigenvalue weighted by Gasteiger charge is 2.25. The van der Waals surface area contributed by atoms with Crippen LogP contribution in [-0.2, 0) is 4.74 Å². The van der Waals surface area contributed by atoms with Crippen LogP contribution in [-0.4, -0.2) is 43.3 Å². The van der Waals surface area contributed by atoms with E-state index < -0.39 is 0 Å². The van der Waals surface area contributed by atoms with Crippen molar-refractivity contribution in [2.75, 3.05) is 26.2 Å². The predicted molar refractivity (Wildman–Crippen MR) is 71.1 cm³/mol. The second-order valence-corrected chi connectivity index (χ2v) is 5.56. The minimum absolute atomic E-state index is 0.495. The third-order valence-corrected chi connectivity index (χ3v) is 4.20. The van der Waals surface area contributed by atoms with Gasteiger partial charge in [-0.05, 0) is 45.2 Å². The maximum atomic E-state index is 5.78. The molecule has 0 bridgehead atoms. The zero-order valence-corrected chi connectivity index (χ0v) is 11.1. The molecule has 0 aromatic carbocycles. The van der Waals surface area contributed by atoms with Gasteiger partial charge < -0.3 is 10.5 Å². The Labute approximate surface area is 106 Å². The number of hydrogen-bond acceptors (Lipinski definition) is 3. The van der Waals surface area contributed by atoms with Crippen LogP contribution in [0, 0.1) is 0 Å². The number of nitrogens with two attached hydrogens (primary N) is 1. The first-order valence-electron chi connectivity index (χ1n) is 7.46. The van der Waals surface area contributed by atoms with Crippen LogP contribution >= 0.6 is 0 Å². The summed E-state index contributed by atoms with van der Waals surface area (Å²) in [4.78, 5) is 2.67. The average Bonchev–Trinajstić information content (AvgIpc) is 2.88. The van der Waals surface area contributed by atoms with Gasteiger partial charge in [-0.2, -0.15) is 0 Å². The number of rotatable bonds is 6. The van der Waals surface area contributed by atoms with Crippen molar-refractivity contribution in [1.82, 2.24) is 4.90 Å². The topological polar surface area (TPSA) is 38.5 Å². The number of hydrogen-bond donors (Lipinski definition) is 1. The molecule has 2 fully saturated rings. The minimum atomic E-state index is 0.495. The summed E-state index contributed by atoms with van der Waals surface area (Å²) in [6.45, 7) is 4.10. The molecule has 0 spiro atoms. The van der Waals surface area contributed by atoms with Crippen molar-refractivity contribution in [3.05, 3.63) is 0 Å². The van der Waals surface area contributed by atoms with Crippen molar-refractivity contribution in [2.24, 2.45) is 5.73 Å². The summed E-state index contributed by atoms with van der Waals surface area (Å²) in [6.07, 6.45) is 11.2. The maximum Gasteiger partial charge on any atom is 0.0702 e. The van der Waals surface area contributed by atoms with Gasteiger partial charge in [-0.15, -0.1) is 0 Å². The van der Waals surface area contributed by atoms with Gasteiger partial charge in [0.2, 0.25) is 0 Å². The van der Waals surface area contributed by atoms with Crippen LogP contribution in [0.3, 0.4) is 0 Å². The van der Waals surface area contributed by atoms with E-state index in [4.69, 9.17) is 10.5 Å². The minimum Gasteiger partial charge on any atom is -0.377 e. The van der Waals surface area contributed by atoms with E-state index in [1.165, 1.54) is 51.5 Å². The Kier molecular flexibility index (Phi) is 5.75. The van der Waals surface area contributed by atoms with Crippen molar-refractivity contribution < 1.29 is 4.74 Å². The second-order valence-electron chi connectivity index (χ2n) is 5.56.